The number of carbonyl (C=O) groups is 3. The summed E-state index contributed by atoms with van der Waals surface area (Å²) in [5.74, 6) is -0.942. The van der Waals surface area contributed by atoms with Crippen molar-refractivity contribution in [3.8, 4) is 5.69 Å². The molecule has 1 N–H and O–H groups in total. The van der Waals surface area contributed by atoms with Crippen LogP contribution in [0.3, 0.4) is 0 Å². The number of aromatic nitrogens is 2. The molecule has 7 heteroatoms. The van der Waals surface area contributed by atoms with Crippen LogP contribution in [-0.2, 0) is 9.59 Å². The average Bonchev–Trinajstić information content (AvgIpc) is 3.26. The zero-order chi connectivity index (χ0) is 22.1. The Morgan fingerprint density at radius 3 is 2.31 bits per heavy atom. The second-order valence-corrected chi connectivity index (χ2v) is 8.59. The number of Topliss-reactive ketones (excluding diaryl/α,β-unsaturated/α-hetero) is 1. The summed E-state index contributed by atoms with van der Waals surface area (Å²) >= 11 is 0. The Bertz CT molecular complexity index is 1130. The molecule has 1 unspecified atom stereocenters. The highest BCUT2D eigenvalue weighted by Crippen LogP contribution is 2.59. The zero-order valence-electron chi connectivity index (χ0n) is 17.6. The molecule has 5 rings (SSSR count). The maximum atomic E-state index is 12.8. The van der Waals surface area contributed by atoms with Crippen molar-refractivity contribution in [2.75, 3.05) is 18.4 Å². The minimum Gasteiger partial charge on any atom is -0.336 e. The van der Waals surface area contributed by atoms with E-state index in [-0.39, 0.29) is 17.2 Å². The molecule has 0 radical (unpaired) electrons. The van der Waals surface area contributed by atoms with Gasteiger partial charge in [-0.1, -0.05) is 30.3 Å². The fourth-order valence-electron chi connectivity index (χ4n) is 4.63. The number of benzene rings is 2. The Morgan fingerprint density at radius 2 is 1.66 bits per heavy atom. The number of piperidine rings is 1. The van der Waals surface area contributed by atoms with Crippen LogP contribution in [0.1, 0.15) is 29.6 Å². The number of likely N-dealkylation sites (tertiary alicyclic amines) is 1. The number of nitrogens with zero attached hydrogens (tertiary/aromatic N) is 3. The molecule has 1 spiro atoms. The Morgan fingerprint density at radius 1 is 0.938 bits per heavy atom. The van der Waals surface area contributed by atoms with Gasteiger partial charge in [-0.15, -0.1) is 0 Å². The van der Waals surface area contributed by atoms with Gasteiger partial charge in [-0.25, -0.2) is 4.68 Å². The number of anilines is 1. The van der Waals surface area contributed by atoms with Gasteiger partial charge >= 0.3 is 0 Å². The Balaban J connectivity index is 1.15. The van der Waals surface area contributed by atoms with E-state index in [1.807, 2.05) is 42.6 Å². The van der Waals surface area contributed by atoms with Crippen molar-refractivity contribution in [1.82, 2.24) is 14.7 Å². The van der Waals surface area contributed by atoms with Crippen molar-refractivity contribution in [3.63, 3.8) is 0 Å². The lowest BCUT2D eigenvalue weighted by Crippen LogP contribution is -2.43. The van der Waals surface area contributed by atoms with E-state index in [1.165, 1.54) is 0 Å². The lowest BCUT2D eigenvalue weighted by atomic mass is 9.90. The summed E-state index contributed by atoms with van der Waals surface area (Å²) in [4.78, 5) is 39.5. The first-order valence-corrected chi connectivity index (χ1v) is 10.9. The van der Waals surface area contributed by atoms with E-state index in [4.69, 9.17) is 0 Å². The van der Waals surface area contributed by atoms with E-state index < -0.39 is 11.7 Å². The van der Waals surface area contributed by atoms with Crippen molar-refractivity contribution in [1.29, 1.82) is 0 Å². The van der Waals surface area contributed by atoms with E-state index >= 15 is 0 Å². The van der Waals surface area contributed by atoms with Gasteiger partial charge in [-0.05, 0) is 55.0 Å². The second kappa shape index (κ2) is 8.07. The number of nitrogens with one attached hydrogen (secondary N) is 1. The lowest BCUT2D eigenvalue weighted by Gasteiger charge is -2.32. The largest absolute Gasteiger partial charge is 0.336 e. The van der Waals surface area contributed by atoms with Crippen molar-refractivity contribution in [3.05, 3.63) is 78.6 Å². The Labute approximate surface area is 186 Å². The lowest BCUT2D eigenvalue weighted by molar-refractivity contribution is -0.128. The first-order valence-electron chi connectivity index (χ1n) is 10.9. The topological polar surface area (TPSA) is 84.3 Å². The van der Waals surface area contributed by atoms with Gasteiger partial charge in [0.15, 0.2) is 0 Å². The van der Waals surface area contributed by atoms with Crippen LogP contribution in [-0.4, -0.2) is 45.4 Å². The molecule has 162 valence electrons. The molecule has 1 atom stereocenters. The summed E-state index contributed by atoms with van der Waals surface area (Å²) in [5, 5.41) is 7.22. The Kier molecular flexibility index (Phi) is 5.09. The maximum Gasteiger partial charge on any atom is 0.294 e. The highest BCUT2D eigenvalue weighted by atomic mass is 16.2. The predicted molar refractivity (Wildman–Crippen MR) is 119 cm³/mol. The molecule has 3 aromatic rings. The number of rotatable bonds is 5. The molecular formula is C25H24N4O3. The number of carbonyl (C=O) groups excluding carboxylic acids is 3. The zero-order valence-corrected chi connectivity index (χ0v) is 17.6. The van der Waals surface area contributed by atoms with E-state index in [0.29, 0.717) is 18.7 Å². The minimum atomic E-state index is -0.467. The number of hydrogen-bond acceptors (Lipinski definition) is 4. The molecule has 2 amide bonds. The van der Waals surface area contributed by atoms with Crippen molar-refractivity contribution >= 4 is 23.3 Å². The van der Waals surface area contributed by atoms with Crippen LogP contribution in [0.5, 0.6) is 0 Å². The van der Waals surface area contributed by atoms with Gasteiger partial charge in [0, 0.05) is 42.7 Å². The van der Waals surface area contributed by atoms with Crippen LogP contribution in [0.15, 0.2) is 73.1 Å². The fraction of sp³-hybridized carbons (Fsp3) is 0.280. The quantitative estimate of drug-likeness (QED) is 0.499. The molecular weight excluding hydrogens is 404 g/mol. The van der Waals surface area contributed by atoms with Gasteiger partial charge in [0.1, 0.15) is 0 Å². The molecule has 2 heterocycles. The normalized spacial score (nSPS) is 18.9. The highest BCUT2D eigenvalue weighted by molar-refractivity contribution is 6.42. The smallest absolute Gasteiger partial charge is 0.294 e. The SMILES string of the molecule is O=C(C(=O)N1CCC2(CC1)CC2C(=O)Nc1ccc(-n2cccn2)cc1)c1ccccc1. The number of hydrogen-bond donors (Lipinski definition) is 1. The first kappa shape index (κ1) is 20.2. The molecule has 2 fully saturated rings. The predicted octanol–water partition coefficient (Wildman–Crippen LogP) is 3.32. The third-order valence-corrected chi connectivity index (χ3v) is 6.69. The summed E-state index contributed by atoms with van der Waals surface area (Å²) in [5.41, 5.74) is 2.05. The van der Waals surface area contributed by atoms with Crippen LogP contribution < -0.4 is 5.32 Å². The fourth-order valence-corrected chi connectivity index (χ4v) is 4.63. The second-order valence-electron chi connectivity index (χ2n) is 8.59. The third kappa shape index (κ3) is 3.82. The van der Waals surface area contributed by atoms with Gasteiger partial charge in [-0.3, -0.25) is 14.4 Å². The first-order chi connectivity index (χ1) is 15.6. The molecule has 1 saturated carbocycles. The summed E-state index contributed by atoms with van der Waals surface area (Å²) in [6.07, 6.45) is 5.91. The molecule has 2 aromatic carbocycles. The van der Waals surface area contributed by atoms with Crippen LogP contribution in [0.4, 0.5) is 5.69 Å². The molecule has 1 aliphatic carbocycles. The molecule has 1 aliphatic heterocycles. The van der Waals surface area contributed by atoms with Gasteiger partial charge in [0.05, 0.1) is 5.69 Å². The number of amides is 2. The third-order valence-electron chi connectivity index (χ3n) is 6.69. The minimum absolute atomic E-state index is 0.0250. The van der Waals surface area contributed by atoms with Crippen LogP contribution in [0, 0.1) is 11.3 Å². The van der Waals surface area contributed by atoms with Gasteiger partial charge in [0.2, 0.25) is 11.7 Å². The van der Waals surface area contributed by atoms with Gasteiger partial charge in [0.25, 0.3) is 5.91 Å². The van der Waals surface area contributed by atoms with Gasteiger partial charge in [-0.2, -0.15) is 5.10 Å². The molecule has 1 aromatic heterocycles. The van der Waals surface area contributed by atoms with E-state index in [9.17, 15) is 14.4 Å². The standard InChI is InChI=1S/C25H24N4O3/c30-22(18-5-2-1-3-6-18)24(32)28-15-11-25(12-16-28)17-21(25)23(31)27-19-7-9-20(10-8-19)29-14-4-13-26-29/h1-10,13-14,21H,11-12,15-17H2,(H,27,31). The van der Waals surface area contributed by atoms with Crippen molar-refractivity contribution < 1.29 is 14.4 Å². The molecule has 2 aliphatic rings. The molecule has 1 saturated heterocycles. The summed E-state index contributed by atoms with van der Waals surface area (Å²) in [7, 11) is 0. The summed E-state index contributed by atoms with van der Waals surface area (Å²) < 4.78 is 1.76. The summed E-state index contributed by atoms with van der Waals surface area (Å²) in [6.45, 7) is 1.03. The number of ketones is 1. The molecule has 0 bridgehead atoms. The van der Waals surface area contributed by atoms with Crippen molar-refractivity contribution in [2.24, 2.45) is 11.3 Å². The van der Waals surface area contributed by atoms with E-state index in [0.717, 1.165) is 30.6 Å². The monoisotopic (exact) mass is 428 g/mol. The molecule has 7 nitrogen and oxygen atoms in total. The summed E-state index contributed by atoms with van der Waals surface area (Å²) in [6, 6.07) is 18.1. The molecule has 32 heavy (non-hydrogen) atoms. The van der Waals surface area contributed by atoms with E-state index in [2.05, 4.69) is 10.4 Å². The van der Waals surface area contributed by atoms with Crippen LogP contribution in [0.25, 0.3) is 5.69 Å². The Hall–Kier alpha value is -3.74. The van der Waals surface area contributed by atoms with Crippen molar-refractivity contribution in [2.45, 2.75) is 19.3 Å². The van der Waals surface area contributed by atoms with Crippen LogP contribution in [0.2, 0.25) is 0 Å². The van der Waals surface area contributed by atoms with Gasteiger partial charge < -0.3 is 10.2 Å². The average molecular weight is 428 g/mol. The highest BCUT2D eigenvalue weighted by Gasteiger charge is 2.58. The van der Waals surface area contributed by atoms with Crippen LogP contribution >= 0.6 is 0 Å². The maximum absolute atomic E-state index is 12.8. The van der Waals surface area contributed by atoms with E-state index in [1.54, 1.807) is 40.0 Å².